The van der Waals surface area contributed by atoms with Crippen LogP contribution in [0.2, 0.25) is 0 Å². The number of Topliss-reactive ketones (excluding diaryl/α,β-unsaturated/α-hetero) is 1. The maximum atomic E-state index is 13.9. The van der Waals surface area contributed by atoms with Crippen molar-refractivity contribution in [2.45, 2.75) is 18.9 Å². The van der Waals surface area contributed by atoms with Gasteiger partial charge in [0, 0.05) is 21.3 Å². The molecule has 1 atom stereocenters. The molecule has 3 N–H and O–H groups in total. The van der Waals surface area contributed by atoms with Gasteiger partial charge in [0.1, 0.15) is 23.8 Å². The normalized spacial score (nSPS) is 18.6. The molecule has 8 heteroatoms. The molecule has 180 valence electrons. The van der Waals surface area contributed by atoms with E-state index in [-0.39, 0.29) is 29.3 Å². The molecule has 0 fully saturated rings. The summed E-state index contributed by atoms with van der Waals surface area (Å²) in [5.41, 5.74) is 6.41. The van der Waals surface area contributed by atoms with Gasteiger partial charge in [-0.3, -0.25) is 4.79 Å². The number of hydrogen-bond acceptors (Lipinski definition) is 7. The molecule has 0 amide bonds. The van der Waals surface area contributed by atoms with Gasteiger partial charge in [0.15, 0.2) is 11.2 Å². The Morgan fingerprint density at radius 1 is 1.00 bits per heavy atom. The van der Waals surface area contributed by atoms with E-state index < -0.39 is 23.1 Å². The molecule has 0 aliphatic carbocycles. The molecular formula is C28H21BrN2O5. The van der Waals surface area contributed by atoms with E-state index in [1.54, 1.807) is 42.5 Å². The van der Waals surface area contributed by atoms with Crippen LogP contribution in [-0.2, 0) is 35.9 Å². The highest BCUT2D eigenvalue weighted by molar-refractivity contribution is 9.10. The predicted molar refractivity (Wildman–Crippen MR) is 137 cm³/mol. The summed E-state index contributed by atoms with van der Waals surface area (Å²) in [5, 5.41) is 3.00. The number of anilines is 1. The number of benzene rings is 3. The second-order valence-corrected chi connectivity index (χ2v) is 9.35. The number of rotatable bonds is 5. The van der Waals surface area contributed by atoms with Gasteiger partial charge in [0.2, 0.25) is 0 Å². The number of nitrogens with one attached hydrogen (secondary N) is 1. The summed E-state index contributed by atoms with van der Waals surface area (Å²) in [7, 11) is 0. The van der Waals surface area contributed by atoms with Crippen LogP contribution in [0.4, 0.5) is 5.69 Å². The van der Waals surface area contributed by atoms with Gasteiger partial charge in [-0.05, 0) is 30.7 Å². The van der Waals surface area contributed by atoms with Gasteiger partial charge in [-0.25, -0.2) is 9.59 Å². The number of cyclic esters (lactones) is 1. The van der Waals surface area contributed by atoms with Crippen LogP contribution in [0.1, 0.15) is 23.6 Å². The first-order valence-electron chi connectivity index (χ1n) is 11.2. The molecule has 0 saturated carbocycles. The number of nitrogens with two attached hydrogens (primary N) is 1. The molecule has 3 aromatic carbocycles. The summed E-state index contributed by atoms with van der Waals surface area (Å²) in [6.45, 7) is 1.29. The fourth-order valence-electron chi connectivity index (χ4n) is 4.72. The van der Waals surface area contributed by atoms with E-state index in [9.17, 15) is 14.4 Å². The smallest absolute Gasteiger partial charge is 0.339 e. The number of esters is 2. The molecule has 7 nitrogen and oxygen atoms in total. The minimum absolute atomic E-state index is 0.0224. The lowest BCUT2D eigenvalue weighted by Gasteiger charge is -2.36. The van der Waals surface area contributed by atoms with Crippen molar-refractivity contribution < 1.29 is 23.9 Å². The number of fused-ring (bicyclic) bond motifs is 2. The van der Waals surface area contributed by atoms with E-state index >= 15 is 0 Å². The van der Waals surface area contributed by atoms with Gasteiger partial charge in [0.25, 0.3) is 0 Å². The fourth-order valence-corrected chi connectivity index (χ4v) is 5.08. The first-order valence-corrected chi connectivity index (χ1v) is 11.9. The Hall–Kier alpha value is -4.17. The van der Waals surface area contributed by atoms with Gasteiger partial charge in [-0.2, -0.15) is 0 Å². The first-order chi connectivity index (χ1) is 17.3. The second kappa shape index (κ2) is 9.13. The van der Waals surface area contributed by atoms with Gasteiger partial charge in [0.05, 0.1) is 5.57 Å². The van der Waals surface area contributed by atoms with Crippen molar-refractivity contribution >= 4 is 45.1 Å². The number of carbonyl (C=O) groups excluding carboxylic acids is 3. The minimum Gasteiger partial charge on any atom is -0.457 e. The van der Waals surface area contributed by atoms with Crippen molar-refractivity contribution in [3.8, 4) is 0 Å². The Morgan fingerprint density at radius 3 is 2.33 bits per heavy atom. The summed E-state index contributed by atoms with van der Waals surface area (Å²) in [6, 6.07) is 23.1. The van der Waals surface area contributed by atoms with Gasteiger partial charge >= 0.3 is 11.9 Å². The third-order valence-corrected chi connectivity index (χ3v) is 6.70. The van der Waals surface area contributed by atoms with Crippen molar-refractivity contribution in [3.63, 3.8) is 0 Å². The third-order valence-electron chi connectivity index (χ3n) is 6.21. The predicted octanol–water partition coefficient (Wildman–Crippen LogP) is 4.58. The topological polar surface area (TPSA) is 108 Å². The van der Waals surface area contributed by atoms with Crippen molar-refractivity contribution in [2.24, 2.45) is 5.73 Å². The molecule has 0 unspecified atom stereocenters. The maximum absolute atomic E-state index is 13.9. The quantitative estimate of drug-likeness (QED) is 0.452. The largest absolute Gasteiger partial charge is 0.457 e. The van der Waals surface area contributed by atoms with Crippen molar-refractivity contribution in [3.05, 3.63) is 117 Å². The molecule has 0 radical (unpaired) electrons. The van der Waals surface area contributed by atoms with Gasteiger partial charge < -0.3 is 20.5 Å². The van der Waals surface area contributed by atoms with E-state index in [1.807, 2.05) is 36.4 Å². The van der Waals surface area contributed by atoms with E-state index in [0.717, 1.165) is 5.56 Å². The summed E-state index contributed by atoms with van der Waals surface area (Å²) >= 11 is 3.45. The third kappa shape index (κ3) is 3.70. The standard InChI is InChI=1S/C28H21BrN2O5/c1-16(32)22-24(18-10-6-3-7-11-18)36-27(34)28(22)20-14-19(29)12-13-21(20)31-25(30)23(28)26(33)35-15-17-8-4-2-5-9-17/h2-14,31H,15,30H2,1H3/t28-/m1/s1. The zero-order chi connectivity index (χ0) is 25.4. The number of halogens is 1. The fraction of sp³-hybridized carbons (Fsp3) is 0.107. The lowest BCUT2D eigenvalue weighted by atomic mass is 9.65. The SMILES string of the molecule is CC(=O)C1=C(c2ccccc2)OC(=O)[C@@]12C(C(=O)OCc1ccccc1)=C(N)Nc1ccc(Br)cc12. The highest BCUT2D eigenvalue weighted by atomic mass is 79.9. The van der Waals surface area contributed by atoms with Crippen LogP contribution in [0.5, 0.6) is 0 Å². The Bertz CT molecular complexity index is 1460. The van der Waals surface area contributed by atoms with Crippen molar-refractivity contribution in [1.82, 2.24) is 0 Å². The minimum atomic E-state index is -1.92. The summed E-state index contributed by atoms with van der Waals surface area (Å²) in [6.07, 6.45) is 0. The second-order valence-electron chi connectivity index (χ2n) is 8.43. The summed E-state index contributed by atoms with van der Waals surface area (Å²) < 4.78 is 12.0. The Morgan fingerprint density at radius 2 is 1.67 bits per heavy atom. The number of ether oxygens (including phenoxy) is 2. The molecule has 5 rings (SSSR count). The Balaban J connectivity index is 1.75. The van der Waals surface area contributed by atoms with Crippen LogP contribution < -0.4 is 11.1 Å². The summed E-state index contributed by atoms with van der Waals surface area (Å²) in [5.74, 6) is -2.08. The van der Waals surface area contributed by atoms with E-state index in [1.165, 1.54) is 6.92 Å². The van der Waals surface area contributed by atoms with Crippen LogP contribution in [-0.4, -0.2) is 17.7 Å². The van der Waals surface area contributed by atoms with Gasteiger partial charge in [-0.1, -0.05) is 76.6 Å². The molecule has 2 aliphatic rings. The van der Waals surface area contributed by atoms with Crippen LogP contribution in [0, 0.1) is 0 Å². The molecule has 0 bridgehead atoms. The first kappa shape index (κ1) is 23.6. The van der Waals surface area contributed by atoms with Crippen molar-refractivity contribution in [1.29, 1.82) is 0 Å². The van der Waals surface area contributed by atoms with E-state index in [0.29, 0.717) is 21.3 Å². The van der Waals surface area contributed by atoms with Crippen LogP contribution in [0.25, 0.3) is 5.76 Å². The van der Waals surface area contributed by atoms with Crippen LogP contribution >= 0.6 is 15.9 Å². The van der Waals surface area contributed by atoms with Crippen LogP contribution in [0.3, 0.4) is 0 Å². The highest BCUT2D eigenvalue weighted by Crippen LogP contribution is 2.54. The average molecular weight is 545 g/mol. The average Bonchev–Trinajstić information content (AvgIpc) is 3.17. The zero-order valence-corrected chi connectivity index (χ0v) is 20.8. The Kier molecular flexibility index (Phi) is 5.97. The van der Waals surface area contributed by atoms with Gasteiger partial charge in [-0.15, -0.1) is 0 Å². The van der Waals surface area contributed by atoms with E-state index in [4.69, 9.17) is 15.2 Å². The lowest BCUT2D eigenvalue weighted by molar-refractivity contribution is -0.146. The van der Waals surface area contributed by atoms with Crippen molar-refractivity contribution in [2.75, 3.05) is 5.32 Å². The number of ketones is 1. The number of carbonyl (C=O) groups is 3. The number of hydrogen-bond donors (Lipinski definition) is 2. The highest BCUT2D eigenvalue weighted by Gasteiger charge is 2.62. The molecule has 0 saturated heterocycles. The molecular weight excluding hydrogens is 524 g/mol. The molecule has 1 spiro atoms. The molecule has 0 aromatic heterocycles. The maximum Gasteiger partial charge on any atom is 0.339 e. The zero-order valence-electron chi connectivity index (χ0n) is 19.2. The molecule has 2 heterocycles. The molecule has 36 heavy (non-hydrogen) atoms. The molecule has 2 aliphatic heterocycles. The van der Waals surface area contributed by atoms with E-state index in [2.05, 4.69) is 21.2 Å². The molecule has 3 aromatic rings. The van der Waals surface area contributed by atoms with Crippen LogP contribution in [0.15, 0.2) is 100 Å². The monoisotopic (exact) mass is 544 g/mol. The summed E-state index contributed by atoms with van der Waals surface area (Å²) in [4.78, 5) is 40.8. The Labute approximate surface area is 215 Å². The lowest BCUT2D eigenvalue weighted by Crippen LogP contribution is -2.47.